The molecule has 0 radical (unpaired) electrons. The summed E-state index contributed by atoms with van der Waals surface area (Å²) in [6.45, 7) is 9.48. The second kappa shape index (κ2) is 7.12. The number of aliphatic carboxylic acids is 1. The molecule has 2 rings (SSSR count). The van der Waals surface area contributed by atoms with Gasteiger partial charge in [-0.15, -0.1) is 0 Å². The second-order valence-electron chi connectivity index (χ2n) is 7.54. The predicted molar refractivity (Wildman–Crippen MR) is 88.2 cm³/mol. The lowest BCUT2D eigenvalue weighted by atomic mass is 9.73. The van der Waals surface area contributed by atoms with E-state index in [9.17, 15) is 15.0 Å². The number of ether oxygens (including phenoxy) is 2. The van der Waals surface area contributed by atoms with Gasteiger partial charge in [0.2, 0.25) is 0 Å². The Labute approximate surface area is 143 Å². The minimum absolute atomic E-state index is 0.00861. The molecule has 9 atom stereocenters. The molecular weight excluding hydrogens is 312 g/mol. The van der Waals surface area contributed by atoms with E-state index in [1.54, 1.807) is 6.08 Å². The number of hydrogen-bond acceptors (Lipinski definition) is 5. The number of hydrogen-bond donors (Lipinski definition) is 3. The van der Waals surface area contributed by atoms with Crippen molar-refractivity contribution in [2.45, 2.75) is 71.2 Å². The fourth-order valence-corrected chi connectivity index (χ4v) is 3.91. The van der Waals surface area contributed by atoms with Crippen molar-refractivity contribution in [3.63, 3.8) is 0 Å². The van der Waals surface area contributed by atoms with E-state index in [0.717, 1.165) is 6.08 Å². The van der Waals surface area contributed by atoms with Gasteiger partial charge in [0.1, 0.15) is 0 Å². The van der Waals surface area contributed by atoms with Crippen LogP contribution in [-0.4, -0.2) is 51.5 Å². The van der Waals surface area contributed by atoms with Gasteiger partial charge in [0, 0.05) is 36.2 Å². The molecule has 6 heteroatoms. The zero-order valence-corrected chi connectivity index (χ0v) is 15.0. The number of aliphatic hydroxyl groups is 2. The largest absolute Gasteiger partial charge is 0.478 e. The van der Waals surface area contributed by atoms with E-state index in [4.69, 9.17) is 14.6 Å². The Hall–Kier alpha value is -0.950. The molecule has 2 aliphatic heterocycles. The van der Waals surface area contributed by atoms with Crippen LogP contribution in [0.25, 0.3) is 0 Å². The van der Waals surface area contributed by atoms with Crippen LogP contribution in [0.15, 0.2) is 12.2 Å². The molecule has 0 unspecified atom stereocenters. The normalized spacial score (nSPS) is 47.9. The third kappa shape index (κ3) is 3.52. The second-order valence-corrected chi connectivity index (χ2v) is 7.54. The van der Waals surface area contributed by atoms with Gasteiger partial charge in [0.25, 0.3) is 0 Å². The summed E-state index contributed by atoms with van der Waals surface area (Å²) < 4.78 is 12.5. The predicted octanol–water partition coefficient (Wildman–Crippen LogP) is 1.80. The molecule has 138 valence electrons. The van der Waals surface area contributed by atoms with Crippen molar-refractivity contribution >= 4 is 5.97 Å². The summed E-state index contributed by atoms with van der Waals surface area (Å²) in [4.78, 5) is 10.8. The van der Waals surface area contributed by atoms with Crippen molar-refractivity contribution in [1.29, 1.82) is 0 Å². The summed E-state index contributed by atoms with van der Waals surface area (Å²) in [5.41, 5.74) is 0. The van der Waals surface area contributed by atoms with Crippen LogP contribution in [0.1, 0.15) is 41.0 Å². The molecule has 0 aromatic heterocycles. The Morgan fingerprint density at radius 3 is 2.33 bits per heavy atom. The smallest absolute Gasteiger partial charge is 0.327 e. The van der Waals surface area contributed by atoms with Crippen LogP contribution in [0, 0.1) is 23.7 Å². The van der Waals surface area contributed by atoms with Crippen LogP contribution in [0.2, 0.25) is 0 Å². The van der Waals surface area contributed by atoms with Gasteiger partial charge in [-0.2, -0.15) is 0 Å². The fourth-order valence-electron chi connectivity index (χ4n) is 3.91. The van der Waals surface area contributed by atoms with E-state index in [0.29, 0.717) is 6.42 Å². The van der Waals surface area contributed by atoms with E-state index in [2.05, 4.69) is 0 Å². The molecular formula is C18H30O6. The van der Waals surface area contributed by atoms with Crippen LogP contribution in [0.5, 0.6) is 0 Å². The Bertz CT molecular complexity index is 478. The van der Waals surface area contributed by atoms with E-state index >= 15 is 0 Å². The number of carbonyl (C=O) groups is 1. The molecule has 0 aromatic carbocycles. The van der Waals surface area contributed by atoms with Crippen LogP contribution < -0.4 is 0 Å². The van der Waals surface area contributed by atoms with Crippen molar-refractivity contribution < 1.29 is 29.6 Å². The summed E-state index contributed by atoms with van der Waals surface area (Å²) >= 11 is 0. The quantitative estimate of drug-likeness (QED) is 0.677. The Morgan fingerprint density at radius 2 is 1.79 bits per heavy atom. The van der Waals surface area contributed by atoms with Crippen LogP contribution in [0.4, 0.5) is 0 Å². The van der Waals surface area contributed by atoms with Gasteiger partial charge in [-0.25, -0.2) is 4.79 Å². The highest BCUT2D eigenvalue weighted by atomic mass is 16.7. The van der Waals surface area contributed by atoms with E-state index in [1.807, 2.05) is 34.6 Å². The minimum Gasteiger partial charge on any atom is -0.478 e. The SMILES string of the molecule is C[C@H]1[C@@H](O)[C@H](C)[C@]2(C[C@@H](O)[C@H](C)[C@@H](C)O2)O[C@H]1[C@@H](C)/C=C/C(=O)O. The first-order valence-corrected chi connectivity index (χ1v) is 8.72. The lowest BCUT2D eigenvalue weighted by Crippen LogP contribution is -2.64. The first-order chi connectivity index (χ1) is 11.1. The first kappa shape index (κ1) is 19.4. The molecule has 0 bridgehead atoms. The Morgan fingerprint density at radius 1 is 1.17 bits per heavy atom. The van der Waals surface area contributed by atoms with Gasteiger partial charge >= 0.3 is 5.97 Å². The summed E-state index contributed by atoms with van der Waals surface area (Å²) in [6, 6.07) is 0. The van der Waals surface area contributed by atoms with Gasteiger partial charge in [-0.3, -0.25) is 0 Å². The maximum atomic E-state index is 10.8. The zero-order chi connectivity index (χ0) is 18.2. The summed E-state index contributed by atoms with van der Waals surface area (Å²) in [6.07, 6.45) is 1.17. The third-order valence-electron chi connectivity index (χ3n) is 5.89. The molecule has 3 N–H and O–H groups in total. The van der Waals surface area contributed by atoms with Crippen LogP contribution in [0.3, 0.4) is 0 Å². The maximum Gasteiger partial charge on any atom is 0.327 e. The van der Waals surface area contributed by atoms with Gasteiger partial charge < -0.3 is 24.8 Å². The molecule has 0 aromatic rings. The van der Waals surface area contributed by atoms with E-state index in [1.165, 1.54) is 0 Å². The first-order valence-electron chi connectivity index (χ1n) is 8.72. The molecule has 0 saturated carbocycles. The van der Waals surface area contributed by atoms with Crippen LogP contribution in [-0.2, 0) is 14.3 Å². The average Bonchev–Trinajstić information content (AvgIpc) is 2.52. The van der Waals surface area contributed by atoms with Crippen molar-refractivity contribution in [2.75, 3.05) is 0 Å². The lowest BCUT2D eigenvalue weighted by molar-refractivity contribution is -0.381. The van der Waals surface area contributed by atoms with Crippen molar-refractivity contribution in [1.82, 2.24) is 0 Å². The number of aliphatic hydroxyl groups excluding tert-OH is 2. The van der Waals surface area contributed by atoms with Gasteiger partial charge in [0.15, 0.2) is 5.79 Å². The van der Waals surface area contributed by atoms with E-state index in [-0.39, 0.29) is 35.9 Å². The average molecular weight is 342 g/mol. The Balaban J connectivity index is 2.28. The summed E-state index contributed by atoms with van der Waals surface area (Å²) in [7, 11) is 0. The maximum absolute atomic E-state index is 10.8. The third-order valence-corrected chi connectivity index (χ3v) is 5.89. The van der Waals surface area contributed by atoms with Gasteiger partial charge in [-0.1, -0.05) is 33.8 Å². The topological polar surface area (TPSA) is 96.2 Å². The monoisotopic (exact) mass is 342 g/mol. The highest BCUT2D eigenvalue weighted by Crippen LogP contribution is 2.47. The van der Waals surface area contributed by atoms with Crippen molar-refractivity contribution in [3.8, 4) is 0 Å². The number of carboxylic acids is 1. The van der Waals surface area contributed by atoms with E-state index < -0.39 is 24.0 Å². The summed E-state index contributed by atoms with van der Waals surface area (Å²) in [5.74, 6) is -2.73. The fraction of sp³-hybridized carbons (Fsp3) is 0.833. The highest BCUT2D eigenvalue weighted by molar-refractivity contribution is 5.79. The van der Waals surface area contributed by atoms with Crippen molar-refractivity contribution in [3.05, 3.63) is 12.2 Å². The number of rotatable bonds is 3. The lowest BCUT2D eigenvalue weighted by Gasteiger charge is -2.56. The zero-order valence-electron chi connectivity index (χ0n) is 15.0. The van der Waals surface area contributed by atoms with Gasteiger partial charge in [-0.05, 0) is 6.92 Å². The Kier molecular flexibility index (Phi) is 5.75. The summed E-state index contributed by atoms with van der Waals surface area (Å²) in [5, 5.41) is 29.9. The molecule has 6 nitrogen and oxygen atoms in total. The molecule has 0 amide bonds. The molecule has 2 fully saturated rings. The molecule has 24 heavy (non-hydrogen) atoms. The molecule has 2 saturated heterocycles. The minimum atomic E-state index is -1.05. The molecule has 0 aliphatic carbocycles. The van der Waals surface area contributed by atoms with Crippen molar-refractivity contribution in [2.24, 2.45) is 23.7 Å². The van der Waals surface area contributed by atoms with Crippen LogP contribution >= 0.6 is 0 Å². The molecule has 2 heterocycles. The molecule has 2 aliphatic rings. The standard InChI is InChI=1S/C18H30O6/c1-9(6-7-15(20)21)17-11(3)16(22)12(4)18(24-17)8-14(19)10(2)13(5)23-18/h6-7,9-14,16-17,19,22H,8H2,1-5H3,(H,20,21)/b7-6+/t9-,10+,11-,12-,13+,14+,16+,17-,18-/m0/s1. The highest BCUT2D eigenvalue weighted by Gasteiger charge is 2.56. The number of carboxylic acid groups (broad SMARTS) is 1. The molecule has 1 spiro atoms. The van der Waals surface area contributed by atoms with Gasteiger partial charge in [0.05, 0.1) is 24.4 Å².